The van der Waals surface area contributed by atoms with E-state index >= 15 is 0 Å². The third-order valence-electron chi connectivity index (χ3n) is 3.21. The summed E-state index contributed by atoms with van der Waals surface area (Å²) < 4.78 is 11.3. The van der Waals surface area contributed by atoms with Crippen molar-refractivity contribution in [1.29, 1.82) is 0 Å². The van der Waals surface area contributed by atoms with Crippen LogP contribution < -0.4 is 4.74 Å². The molecule has 2 aromatic heterocycles. The normalized spacial score (nSPS) is 10.7. The second kappa shape index (κ2) is 5.51. The number of hydrogen-bond acceptors (Lipinski definition) is 4. The molecule has 0 unspecified atom stereocenters. The minimum Gasteiger partial charge on any atom is -0.487 e. The van der Waals surface area contributed by atoms with Gasteiger partial charge in [0.25, 0.3) is 0 Å². The molecule has 4 heteroatoms. The lowest BCUT2D eigenvalue weighted by Gasteiger charge is -2.09. The minimum absolute atomic E-state index is 0.416. The molecule has 102 valence electrons. The smallest absolute Gasteiger partial charge is 0.236 e. The van der Waals surface area contributed by atoms with Crippen LogP contribution >= 0.6 is 11.3 Å². The van der Waals surface area contributed by atoms with Crippen LogP contribution in [0.5, 0.6) is 5.75 Å². The highest BCUT2D eigenvalue weighted by molar-refractivity contribution is 7.13. The zero-order chi connectivity index (χ0) is 13.9. The van der Waals surface area contributed by atoms with Gasteiger partial charge in [-0.1, -0.05) is 18.2 Å². The molecule has 3 rings (SSSR count). The van der Waals surface area contributed by atoms with E-state index in [0.717, 1.165) is 21.9 Å². The van der Waals surface area contributed by atoms with E-state index in [0.29, 0.717) is 12.5 Å². The molecule has 3 nitrogen and oxygen atoms in total. The van der Waals surface area contributed by atoms with Crippen LogP contribution in [0.3, 0.4) is 0 Å². The summed E-state index contributed by atoms with van der Waals surface area (Å²) >= 11 is 1.61. The Labute approximate surface area is 121 Å². The van der Waals surface area contributed by atoms with Gasteiger partial charge in [-0.25, -0.2) is 4.98 Å². The second-order valence-corrected chi connectivity index (χ2v) is 5.56. The Hall–Kier alpha value is -2.07. The van der Waals surface area contributed by atoms with Gasteiger partial charge in [0.05, 0.1) is 4.88 Å². The Bertz CT molecular complexity index is 701. The number of nitrogens with zero attached hydrogens (tertiary/aromatic N) is 1. The van der Waals surface area contributed by atoms with Crippen molar-refractivity contribution in [3.63, 3.8) is 0 Å². The number of benzene rings is 1. The molecular weight excluding hydrogens is 270 g/mol. The first-order chi connectivity index (χ1) is 9.74. The molecule has 20 heavy (non-hydrogen) atoms. The first-order valence-electron chi connectivity index (χ1n) is 6.41. The molecule has 0 aliphatic carbocycles. The van der Waals surface area contributed by atoms with Crippen LogP contribution in [-0.2, 0) is 6.61 Å². The van der Waals surface area contributed by atoms with E-state index in [2.05, 4.69) is 24.9 Å². The number of ether oxygens (including phenoxy) is 1. The lowest BCUT2D eigenvalue weighted by atomic mass is 10.1. The third kappa shape index (κ3) is 2.60. The van der Waals surface area contributed by atoms with E-state index in [1.807, 2.05) is 29.6 Å². The van der Waals surface area contributed by atoms with Gasteiger partial charge in [-0.05, 0) is 42.5 Å². The number of aryl methyl sites for hydroxylation is 1. The van der Waals surface area contributed by atoms with E-state index in [9.17, 15) is 0 Å². The molecule has 0 fully saturated rings. The highest BCUT2D eigenvalue weighted by Gasteiger charge is 2.09. The Morgan fingerprint density at radius 2 is 2.10 bits per heavy atom. The number of oxazole rings is 1. The maximum Gasteiger partial charge on any atom is 0.236 e. The van der Waals surface area contributed by atoms with E-state index in [4.69, 9.17) is 9.15 Å². The molecule has 0 saturated carbocycles. The predicted molar refractivity (Wildman–Crippen MR) is 80.1 cm³/mol. The summed E-state index contributed by atoms with van der Waals surface area (Å²) in [5.74, 6) is 1.55. The molecule has 0 atom stereocenters. The monoisotopic (exact) mass is 285 g/mol. The summed E-state index contributed by atoms with van der Waals surface area (Å²) in [4.78, 5) is 5.47. The predicted octanol–water partition coefficient (Wildman–Crippen LogP) is 4.60. The number of thiophene rings is 1. The van der Waals surface area contributed by atoms with Crippen molar-refractivity contribution in [3.05, 3.63) is 58.8 Å². The van der Waals surface area contributed by atoms with Crippen molar-refractivity contribution in [2.24, 2.45) is 0 Å². The van der Waals surface area contributed by atoms with Crippen molar-refractivity contribution in [3.8, 4) is 16.5 Å². The Balaban J connectivity index is 1.71. The van der Waals surface area contributed by atoms with E-state index in [1.54, 1.807) is 17.6 Å². The van der Waals surface area contributed by atoms with Gasteiger partial charge in [-0.15, -0.1) is 11.3 Å². The molecule has 3 aromatic rings. The minimum atomic E-state index is 0.416. The van der Waals surface area contributed by atoms with Crippen molar-refractivity contribution >= 4 is 11.3 Å². The maximum atomic E-state index is 5.82. The average molecular weight is 285 g/mol. The van der Waals surface area contributed by atoms with Gasteiger partial charge in [0.1, 0.15) is 24.3 Å². The zero-order valence-corrected chi connectivity index (χ0v) is 12.2. The topological polar surface area (TPSA) is 35.3 Å². The lowest BCUT2D eigenvalue weighted by Crippen LogP contribution is -1.98. The molecule has 0 aliphatic heterocycles. The summed E-state index contributed by atoms with van der Waals surface area (Å²) in [6, 6.07) is 10.0. The van der Waals surface area contributed by atoms with Gasteiger partial charge in [0, 0.05) is 0 Å². The molecule has 0 radical (unpaired) electrons. The number of hydrogen-bond donors (Lipinski definition) is 0. The molecule has 1 aromatic carbocycles. The fraction of sp³-hybridized carbons (Fsp3) is 0.188. The van der Waals surface area contributed by atoms with Crippen molar-refractivity contribution in [2.75, 3.05) is 0 Å². The summed E-state index contributed by atoms with van der Waals surface area (Å²) in [5.41, 5.74) is 3.19. The quantitative estimate of drug-likeness (QED) is 0.702. The Morgan fingerprint density at radius 3 is 2.90 bits per heavy atom. The molecule has 0 aliphatic rings. The Kier molecular flexibility index (Phi) is 3.56. The first kappa shape index (κ1) is 12.9. The van der Waals surface area contributed by atoms with Gasteiger partial charge in [-0.2, -0.15) is 0 Å². The molecule has 2 heterocycles. The Morgan fingerprint density at radius 1 is 1.20 bits per heavy atom. The van der Waals surface area contributed by atoms with Crippen LogP contribution in [0, 0.1) is 13.8 Å². The SMILES string of the molecule is Cc1cccc(OCc2coc(-c3cccs3)n2)c1C. The maximum absolute atomic E-state index is 5.82. The fourth-order valence-electron chi connectivity index (χ4n) is 1.92. The van der Waals surface area contributed by atoms with Gasteiger partial charge < -0.3 is 9.15 Å². The summed E-state index contributed by atoms with van der Waals surface area (Å²) in [6.07, 6.45) is 1.65. The highest BCUT2D eigenvalue weighted by atomic mass is 32.1. The van der Waals surface area contributed by atoms with Crippen molar-refractivity contribution in [2.45, 2.75) is 20.5 Å². The first-order valence-corrected chi connectivity index (χ1v) is 7.29. The van der Waals surface area contributed by atoms with Crippen LogP contribution in [-0.4, -0.2) is 4.98 Å². The molecule has 0 bridgehead atoms. The van der Waals surface area contributed by atoms with Crippen LogP contribution in [0.4, 0.5) is 0 Å². The number of rotatable bonds is 4. The van der Waals surface area contributed by atoms with Gasteiger partial charge >= 0.3 is 0 Å². The second-order valence-electron chi connectivity index (χ2n) is 4.61. The molecule has 0 N–H and O–H groups in total. The zero-order valence-electron chi connectivity index (χ0n) is 11.4. The standard InChI is InChI=1S/C16H15NO2S/c1-11-5-3-6-14(12(11)2)18-9-13-10-19-16(17-13)15-7-4-8-20-15/h3-8,10H,9H2,1-2H3. The molecule has 0 spiro atoms. The fourth-order valence-corrected chi connectivity index (χ4v) is 2.57. The summed E-state index contributed by atoms with van der Waals surface area (Å²) in [5, 5.41) is 2.01. The molecule has 0 amide bonds. The van der Waals surface area contributed by atoms with Crippen molar-refractivity contribution in [1.82, 2.24) is 4.98 Å². The van der Waals surface area contributed by atoms with Crippen LogP contribution in [0.25, 0.3) is 10.8 Å². The van der Waals surface area contributed by atoms with Gasteiger partial charge in [-0.3, -0.25) is 0 Å². The van der Waals surface area contributed by atoms with E-state index in [-0.39, 0.29) is 0 Å². The number of aromatic nitrogens is 1. The largest absolute Gasteiger partial charge is 0.487 e. The lowest BCUT2D eigenvalue weighted by molar-refractivity contribution is 0.298. The van der Waals surface area contributed by atoms with Crippen molar-refractivity contribution < 1.29 is 9.15 Å². The van der Waals surface area contributed by atoms with Gasteiger partial charge in [0.2, 0.25) is 5.89 Å². The highest BCUT2D eigenvalue weighted by Crippen LogP contribution is 2.25. The van der Waals surface area contributed by atoms with Gasteiger partial charge in [0.15, 0.2) is 0 Å². The third-order valence-corrected chi connectivity index (χ3v) is 4.07. The van der Waals surface area contributed by atoms with Crippen LogP contribution in [0.15, 0.2) is 46.4 Å². The van der Waals surface area contributed by atoms with E-state index in [1.165, 1.54) is 5.56 Å². The summed E-state index contributed by atoms with van der Waals surface area (Å²) in [7, 11) is 0. The summed E-state index contributed by atoms with van der Waals surface area (Å²) in [6.45, 7) is 4.55. The van der Waals surface area contributed by atoms with E-state index < -0.39 is 0 Å². The molecular formula is C16H15NO2S. The van der Waals surface area contributed by atoms with Crippen LogP contribution in [0.2, 0.25) is 0 Å². The average Bonchev–Trinajstić information content (AvgIpc) is 3.10. The molecule has 0 saturated heterocycles. The van der Waals surface area contributed by atoms with Crippen LogP contribution in [0.1, 0.15) is 16.8 Å².